The standard InChI is InChI=1S/C11H21ClN4/c1-4-6-16-10(13-9-15-16)7-14-11(3,5-2)8-12/h9,14H,4-8H2,1-3H3. The number of nitrogens with zero attached hydrogens (tertiary/aromatic N) is 3. The van der Waals surface area contributed by atoms with E-state index in [9.17, 15) is 0 Å². The topological polar surface area (TPSA) is 42.7 Å². The molecular formula is C11H21ClN4. The lowest BCUT2D eigenvalue weighted by Crippen LogP contribution is -2.43. The first-order valence-corrected chi connectivity index (χ1v) is 6.36. The highest BCUT2D eigenvalue weighted by Gasteiger charge is 2.20. The van der Waals surface area contributed by atoms with Gasteiger partial charge in [-0.1, -0.05) is 13.8 Å². The summed E-state index contributed by atoms with van der Waals surface area (Å²) in [7, 11) is 0. The molecule has 92 valence electrons. The van der Waals surface area contributed by atoms with Gasteiger partial charge in [0, 0.05) is 18.0 Å². The summed E-state index contributed by atoms with van der Waals surface area (Å²) in [6.07, 6.45) is 3.67. The lowest BCUT2D eigenvalue weighted by atomic mass is 10.0. The van der Waals surface area contributed by atoms with E-state index in [4.69, 9.17) is 11.6 Å². The van der Waals surface area contributed by atoms with Crippen LogP contribution in [0.25, 0.3) is 0 Å². The maximum atomic E-state index is 5.94. The SMILES string of the molecule is CCCn1ncnc1CNC(C)(CC)CCl. The van der Waals surface area contributed by atoms with Gasteiger partial charge in [0.25, 0.3) is 0 Å². The Morgan fingerprint density at radius 2 is 2.25 bits per heavy atom. The van der Waals surface area contributed by atoms with Crippen molar-refractivity contribution in [1.29, 1.82) is 0 Å². The monoisotopic (exact) mass is 244 g/mol. The Bertz CT molecular complexity index is 307. The molecule has 1 aromatic rings. The molecule has 0 spiro atoms. The van der Waals surface area contributed by atoms with Gasteiger partial charge < -0.3 is 5.32 Å². The third-order valence-corrected chi connectivity index (χ3v) is 3.47. The van der Waals surface area contributed by atoms with Crippen molar-refractivity contribution in [3.8, 4) is 0 Å². The minimum absolute atomic E-state index is 0.0233. The maximum Gasteiger partial charge on any atom is 0.140 e. The van der Waals surface area contributed by atoms with Gasteiger partial charge in [-0.15, -0.1) is 11.6 Å². The van der Waals surface area contributed by atoms with E-state index in [1.807, 2.05) is 4.68 Å². The van der Waals surface area contributed by atoms with Crippen LogP contribution in [-0.2, 0) is 13.1 Å². The van der Waals surface area contributed by atoms with E-state index in [2.05, 4.69) is 36.2 Å². The molecule has 0 aromatic carbocycles. The highest BCUT2D eigenvalue weighted by Crippen LogP contribution is 2.12. The zero-order chi connectivity index (χ0) is 12.0. The summed E-state index contributed by atoms with van der Waals surface area (Å²) in [5, 5.41) is 7.63. The van der Waals surface area contributed by atoms with Crippen molar-refractivity contribution in [2.45, 2.75) is 52.2 Å². The molecular weight excluding hydrogens is 224 g/mol. The van der Waals surface area contributed by atoms with Gasteiger partial charge in [0.15, 0.2) is 0 Å². The summed E-state index contributed by atoms with van der Waals surface area (Å²) >= 11 is 5.94. The quantitative estimate of drug-likeness (QED) is 0.748. The second-order valence-electron chi connectivity index (χ2n) is 4.30. The Labute approximate surface area is 102 Å². The molecule has 0 aliphatic rings. The zero-order valence-electron chi connectivity index (χ0n) is 10.3. The number of alkyl halides is 1. The number of halogens is 1. The summed E-state index contributed by atoms with van der Waals surface area (Å²) in [6.45, 7) is 8.03. The Hall–Kier alpha value is -0.610. The van der Waals surface area contributed by atoms with Gasteiger partial charge in [-0.2, -0.15) is 5.10 Å². The van der Waals surface area contributed by atoms with Crippen molar-refractivity contribution in [2.24, 2.45) is 0 Å². The van der Waals surface area contributed by atoms with E-state index in [-0.39, 0.29) is 5.54 Å². The highest BCUT2D eigenvalue weighted by atomic mass is 35.5. The number of aromatic nitrogens is 3. The predicted octanol–water partition coefficient (Wildman–Crippen LogP) is 2.19. The summed E-state index contributed by atoms with van der Waals surface area (Å²) in [5.74, 6) is 1.58. The fraction of sp³-hybridized carbons (Fsp3) is 0.818. The van der Waals surface area contributed by atoms with E-state index in [0.29, 0.717) is 5.88 Å². The average Bonchev–Trinajstić information content (AvgIpc) is 2.74. The summed E-state index contributed by atoms with van der Waals surface area (Å²) in [4.78, 5) is 4.25. The molecule has 1 unspecified atom stereocenters. The molecule has 0 saturated carbocycles. The number of hydrogen-bond acceptors (Lipinski definition) is 3. The minimum atomic E-state index is -0.0233. The Morgan fingerprint density at radius 1 is 1.50 bits per heavy atom. The van der Waals surface area contributed by atoms with Gasteiger partial charge in [0.1, 0.15) is 12.2 Å². The molecule has 16 heavy (non-hydrogen) atoms. The lowest BCUT2D eigenvalue weighted by Gasteiger charge is -2.26. The van der Waals surface area contributed by atoms with Gasteiger partial charge in [-0.05, 0) is 19.8 Å². The molecule has 0 fully saturated rings. The minimum Gasteiger partial charge on any atom is -0.303 e. The Morgan fingerprint density at radius 3 is 2.81 bits per heavy atom. The molecule has 0 aliphatic carbocycles. The van der Waals surface area contributed by atoms with Crippen LogP contribution in [0.4, 0.5) is 0 Å². The van der Waals surface area contributed by atoms with Crippen LogP contribution >= 0.6 is 11.6 Å². The van der Waals surface area contributed by atoms with Crippen molar-refractivity contribution in [1.82, 2.24) is 20.1 Å². The molecule has 1 heterocycles. The van der Waals surface area contributed by atoms with Crippen LogP contribution in [0.5, 0.6) is 0 Å². The molecule has 5 heteroatoms. The van der Waals surface area contributed by atoms with Crippen LogP contribution in [0.15, 0.2) is 6.33 Å². The fourth-order valence-electron chi connectivity index (χ4n) is 1.38. The first-order valence-electron chi connectivity index (χ1n) is 5.83. The van der Waals surface area contributed by atoms with Gasteiger partial charge in [-0.25, -0.2) is 9.67 Å². The summed E-state index contributed by atoms with van der Waals surface area (Å²) < 4.78 is 1.94. The van der Waals surface area contributed by atoms with Crippen molar-refractivity contribution in [3.63, 3.8) is 0 Å². The van der Waals surface area contributed by atoms with Crippen molar-refractivity contribution >= 4 is 11.6 Å². The third kappa shape index (κ3) is 3.46. The largest absolute Gasteiger partial charge is 0.303 e. The first kappa shape index (κ1) is 13.5. The zero-order valence-corrected chi connectivity index (χ0v) is 11.1. The maximum absolute atomic E-state index is 5.94. The Balaban J connectivity index is 2.56. The summed E-state index contributed by atoms with van der Waals surface area (Å²) in [5.41, 5.74) is -0.0233. The molecule has 0 amide bonds. The Kier molecular flexibility index (Phi) is 5.22. The van der Waals surface area contributed by atoms with E-state index >= 15 is 0 Å². The van der Waals surface area contributed by atoms with Crippen LogP contribution in [0.1, 0.15) is 39.4 Å². The van der Waals surface area contributed by atoms with Gasteiger partial charge in [-0.3, -0.25) is 0 Å². The molecule has 4 nitrogen and oxygen atoms in total. The van der Waals surface area contributed by atoms with Crippen LogP contribution in [0.2, 0.25) is 0 Å². The molecule has 0 bridgehead atoms. The van der Waals surface area contributed by atoms with Crippen LogP contribution in [-0.4, -0.2) is 26.2 Å². The molecule has 1 N–H and O–H groups in total. The average molecular weight is 245 g/mol. The second-order valence-corrected chi connectivity index (χ2v) is 4.57. The normalized spacial score (nSPS) is 15.0. The molecule has 1 rings (SSSR count). The molecule has 0 aliphatic heterocycles. The number of aryl methyl sites for hydroxylation is 1. The molecule has 0 radical (unpaired) electrons. The van der Waals surface area contributed by atoms with Crippen molar-refractivity contribution < 1.29 is 0 Å². The number of hydrogen-bond donors (Lipinski definition) is 1. The summed E-state index contributed by atoms with van der Waals surface area (Å²) in [6, 6.07) is 0. The lowest BCUT2D eigenvalue weighted by molar-refractivity contribution is 0.368. The predicted molar refractivity (Wildman–Crippen MR) is 66.6 cm³/mol. The first-order chi connectivity index (χ1) is 7.65. The van der Waals surface area contributed by atoms with Gasteiger partial charge >= 0.3 is 0 Å². The van der Waals surface area contributed by atoms with E-state index < -0.39 is 0 Å². The molecule has 1 atom stereocenters. The highest BCUT2D eigenvalue weighted by molar-refractivity contribution is 6.18. The van der Waals surface area contributed by atoms with Crippen LogP contribution in [0.3, 0.4) is 0 Å². The second kappa shape index (κ2) is 6.21. The van der Waals surface area contributed by atoms with Gasteiger partial charge in [0.2, 0.25) is 0 Å². The van der Waals surface area contributed by atoms with Crippen LogP contribution in [0, 0.1) is 0 Å². The van der Waals surface area contributed by atoms with E-state index in [1.165, 1.54) is 0 Å². The van der Waals surface area contributed by atoms with E-state index in [0.717, 1.165) is 31.8 Å². The molecule has 0 saturated heterocycles. The third-order valence-electron chi connectivity index (χ3n) is 2.88. The fourth-order valence-corrected chi connectivity index (χ4v) is 1.67. The number of rotatable bonds is 7. The molecule has 1 aromatic heterocycles. The van der Waals surface area contributed by atoms with Crippen molar-refractivity contribution in [3.05, 3.63) is 12.2 Å². The van der Waals surface area contributed by atoms with Crippen molar-refractivity contribution in [2.75, 3.05) is 5.88 Å². The number of nitrogens with one attached hydrogen (secondary N) is 1. The van der Waals surface area contributed by atoms with E-state index in [1.54, 1.807) is 6.33 Å². The van der Waals surface area contributed by atoms with Crippen LogP contribution < -0.4 is 5.32 Å². The van der Waals surface area contributed by atoms with Gasteiger partial charge in [0.05, 0.1) is 6.54 Å². The smallest absolute Gasteiger partial charge is 0.140 e.